The van der Waals surface area contributed by atoms with E-state index in [2.05, 4.69) is 10.2 Å². The van der Waals surface area contributed by atoms with Gasteiger partial charge in [-0.2, -0.15) is 0 Å². The second-order valence-corrected chi connectivity index (χ2v) is 5.35. The molecule has 1 saturated heterocycles. The highest BCUT2D eigenvalue weighted by Gasteiger charge is 2.25. The van der Waals surface area contributed by atoms with Crippen LogP contribution in [-0.4, -0.2) is 36.5 Å². The molecule has 0 radical (unpaired) electrons. The van der Waals surface area contributed by atoms with Crippen molar-refractivity contribution in [2.45, 2.75) is 13.0 Å². The number of benzene rings is 1. The van der Waals surface area contributed by atoms with Gasteiger partial charge in [0.05, 0.1) is 15.5 Å². The minimum absolute atomic E-state index is 0.115. The summed E-state index contributed by atoms with van der Waals surface area (Å²) < 4.78 is 0. The first kappa shape index (κ1) is 14.2. The fourth-order valence-electron chi connectivity index (χ4n) is 2.61. The van der Waals surface area contributed by atoms with Gasteiger partial charge in [0.15, 0.2) is 0 Å². The minimum atomic E-state index is -0.359. The molecule has 1 N–H and O–H groups in total. The molecule has 5 nitrogen and oxygen atoms in total. The molecule has 0 aromatic heterocycles. The van der Waals surface area contributed by atoms with E-state index in [1.807, 2.05) is 7.05 Å². The zero-order chi connectivity index (χ0) is 13.8. The predicted molar refractivity (Wildman–Crippen MR) is 75.4 cm³/mol. The Morgan fingerprint density at radius 3 is 3.05 bits per heavy atom. The lowest BCUT2D eigenvalue weighted by atomic mass is 10.1. The van der Waals surface area contributed by atoms with E-state index in [1.54, 1.807) is 12.1 Å². The van der Waals surface area contributed by atoms with Gasteiger partial charge in [0.2, 0.25) is 0 Å². The molecule has 1 aliphatic heterocycles. The van der Waals surface area contributed by atoms with Gasteiger partial charge in [-0.05, 0) is 38.5 Å². The molecule has 1 aromatic rings. The highest BCUT2D eigenvalue weighted by atomic mass is 35.5. The van der Waals surface area contributed by atoms with E-state index < -0.39 is 0 Å². The minimum Gasteiger partial charge on any atom is -0.319 e. The molecule has 0 spiro atoms. The highest BCUT2D eigenvalue weighted by molar-refractivity contribution is 6.31. The van der Waals surface area contributed by atoms with Crippen LogP contribution in [0.1, 0.15) is 12.0 Å². The zero-order valence-electron chi connectivity index (χ0n) is 10.9. The molecule has 104 valence electrons. The maximum Gasteiger partial charge on any atom is 0.275 e. The second kappa shape index (κ2) is 6.32. The summed E-state index contributed by atoms with van der Waals surface area (Å²) in [6.07, 6.45) is 1.12. The van der Waals surface area contributed by atoms with E-state index in [1.165, 1.54) is 6.07 Å². The van der Waals surface area contributed by atoms with Crippen LogP contribution >= 0.6 is 11.6 Å². The van der Waals surface area contributed by atoms with Crippen LogP contribution in [0.5, 0.6) is 0 Å². The topological polar surface area (TPSA) is 58.4 Å². The van der Waals surface area contributed by atoms with E-state index in [0.29, 0.717) is 23.0 Å². The molecule has 1 unspecified atom stereocenters. The number of halogens is 1. The Morgan fingerprint density at radius 2 is 2.37 bits per heavy atom. The summed E-state index contributed by atoms with van der Waals surface area (Å²) in [6.45, 7) is 3.47. The Bertz CT molecular complexity index is 467. The van der Waals surface area contributed by atoms with Gasteiger partial charge in [-0.3, -0.25) is 15.0 Å². The van der Waals surface area contributed by atoms with Gasteiger partial charge in [0.1, 0.15) is 0 Å². The van der Waals surface area contributed by atoms with Crippen LogP contribution in [0.25, 0.3) is 0 Å². The first-order valence-electron chi connectivity index (χ1n) is 6.40. The monoisotopic (exact) mass is 283 g/mol. The number of hydrogen-bond acceptors (Lipinski definition) is 4. The third-order valence-electron chi connectivity index (χ3n) is 3.54. The number of rotatable bonds is 5. The van der Waals surface area contributed by atoms with E-state index in [0.717, 1.165) is 26.1 Å². The first-order valence-corrected chi connectivity index (χ1v) is 6.78. The van der Waals surface area contributed by atoms with Gasteiger partial charge < -0.3 is 5.32 Å². The third-order valence-corrected chi connectivity index (χ3v) is 3.89. The molecule has 1 atom stereocenters. The lowest BCUT2D eigenvalue weighted by Crippen LogP contribution is -2.24. The molecule has 6 heteroatoms. The lowest BCUT2D eigenvalue weighted by molar-refractivity contribution is -0.385. The quantitative estimate of drug-likeness (QED) is 0.665. The number of nitrogens with one attached hydrogen (secondary N) is 1. The van der Waals surface area contributed by atoms with Crippen LogP contribution in [0.4, 0.5) is 5.69 Å². The summed E-state index contributed by atoms with van der Waals surface area (Å²) in [7, 11) is 1.95. The summed E-state index contributed by atoms with van der Waals surface area (Å²) in [4.78, 5) is 12.9. The summed E-state index contributed by atoms with van der Waals surface area (Å²) in [6, 6.07) is 4.85. The molecule has 1 heterocycles. The second-order valence-electron chi connectivity index (χ2n) is 4.94. The van der Waals surface area contributed by atoms with Crippen LogP contribution < -0.4 is 5.32 Å². The van der Waals surface area contributed by atoms with Gasteiger partial charge in [-0.1, -0.05) is 17.7 Å². The molecule has 0 amide bonds. The van der Waals surface area contributed by atoms with E-state index in [4.69, 9.17) is 11.6 Å². The average Bonchev–Trinajstić information content (AvgIpc) is 2.79. The Morgan fingerprint density at radius 1 is 1.58 bits per heavy atom. The fourth-order valence-corrected chi connectivity index (χ4v) is 2.84. The molecule has 0 aliphatic carbocycles. The molecule has 0 bridgehead atoms. The Hall–Kier alpha value is -1.17. The van der Waals surface area contributed by atoms with Gasteiger partial charge in [-0.25, -0.2) is 0 Å². The van der Waals surface area contributed by atoms with Crippen molar-refractivity contribution in [1.82, 2.24) is 10.2 Å². The normalized spacial score (nSPS) is 19.8. The number of hydrogen-bond donors (Lipinski definition) is 1. The molecule has 1 aromatic carbocycles. The Balaban J connectivity index is 2.09. The SMILES string of the molecule is CNCC1CCN(Cc2c(Cl)cccc2[N+](=O)[O-])C1. The zero-order valence-corrected chi connectivity index (χ0v) is 11.7. The van der Waals surface area contributed by atoms with Gasteiger partial charge in [0.25, 0.3) is 5.69 Å². The molecular weight excluding hydrogens is 266 g/mol. The predicted octanol–water partition coefficient (Wildman–Crippen LogP) is 2.29. The van der Waals surface area contributed by atoms with E-state index >= 15 is 0 Å². The molecule has 0 saturated carbocycles. The smallest absolute Gasteiger partial charge is 0.275 e. The summed E-state index contributed by atoms with van der Waals surface area (Å²) >= 11 is 6.11. The molecule has 19 heavy (non-hydrogen) atoms. The van der Waals surface area contributed by atoms with Crippen molar-refractivity contribution in [3.05, 3.63) is 38.9 Å². The maximum atomic E-state index is 11.0. The van der Waals surface area contributed by atoms with Gasteiger partial charge >= 0.3 is 0 Å². The van der Waals surface area contributed by atoms with E-state index in [-0.39, 0.29) is 10.6 Å². The molecule has 1 aliphatic rings. The van der Waals surface area contributed by atoms with Crippen molar-refractivity contribution in [3.63, 3.8) is 0 Å². The van der Waals surface area contributed by atoms with E-state index in [9.17, 15) is 10.1 Å². The average molecular weight is 284 g/mol. The summed E-state index contributed by atoms with van der Waals surface area (Å²) in [5.41, 5.74) is 0.740. The van der Waals surface area contributed by atoms with Crippen LogP contribution in [0.2, 0.25) is 5.02 Å². The standard InChI is InChI=1S/C13H18ClN3O2/c1-15-7-10-5-6-16(8-10)9-11-12(14)3-2-4-13(11)17(18)19/h2-4,10,15H,5-9H2,1H3. The van der Waals surface area contributed by atoms with Crippen LogP contribution in [0.15, 0.2) is 18.2 Å². The van der Waals surface area contributed by atoms with Crippen molar-refractivity contribution in [3.8, 4) is 0 Å². The van der Waals surface area contributed by atoms with Crippen molar-refractivity contribution < 1.29 is 4.92 Å². The molecule has 2 rings (SSSR count). The largest absolute Gasteiger partial charge is 0.319 e. The Kier molecular flexibility index (Phi) is 4.74. The fraction of sp³-hybridized carbons (Fsp3) is 0.538. The van der Waals surface area contributed by atoms with Crippen LogP contribution in [0, 0.1) is 16.0 Å². The summed E-state index contributed by atoms with van der Waals surface area (Å²) in [5.74, 6) is 0.617. The lowest BCUT2D eigenvalue weighted by Gasteiger charge is -2.16. The number of likely N-dealkylation sites (tertiary alicyclic amines) is 1. The van der Waals surface area contributed by atoms with Gasteiger partial charge in [0, 0.05) is 19.2 Å². The summed E-state index contributed by atoms with van der Waals surface area (Å²) in [5, 5.41) is 14.7. The van der Waals surface area contributed by atoms with Gasteiger partial charge in [-0.15, -0.1) is 0 Å². The maximum absolute atomic E-state index is 11.0. The first-order chi connectivity index (χ1) is 9.11. The van der Waals surface area contributed by atoms with Crippen molar-refractivity contribution >= 4 is 17.3 Å². The number of nitrogens with zero attached hydrogens (tertiary/aromatic N) is 2. The third kappa shape index (κ3) is 3.43. The van der Waals surface area contributed by atoms with Crippen LogP contribution in [0.3, 0.4) is 0 Å². The number of nitro groups is 1. The molecule has 1 fully saturated rings. The van der Waals surface area contributed by atoms with Crippen molar-refractivity contribution in [2.75, 3.05) is 26.7 Å². The van der Waals surface area contributed by atoms with Crippen molar-refractivity contribution in [1.29, 1.82) is 0 Å². The van der Waals surface area contributed by atoms with Crippen LogP contribution in [-0.2, 0) is 6.54 Å². The highest BCUT2D eigenvalue weighted by Crippen LogP contribution is 2.29. The van der Waals surface area contributed by atoms with Crippen molar-refractivity contribution in [2.24, 2.45) is 5.92 Å². The molecular formula is C13H18ClN3O2. The number of nitro benzene ring substituents is 1. The Labute approximate surface area is 117 Å².